The van der Waals surface area contributed by atoms with E-state index in [2.05, 4.69) is 6.07 Å². The molecular formula is C19H23N3O3. The van der Waals surface area contributed by atoms with Gasteiger partial charge in [-0.25, -0.2) is 0 Å². The van der Waals surface area contributed by atoms with E-state index in [1.807, 2.05) is 28.0 Å². The van der Waals surface area contributed by atoms with Crippen LogP contribution in [0.25, 0.3) is 0 Å². The van der Waals surface area contributed by atoms with Crippen LogP contribution < -0.4 is 4.90 Å². The van der Waals surface area contributed by atoms with Crippen molar-refractivity contribution in [3.63, 3.8) is 0 Å². The van der Waals surface area contributed by atoms with Crippen LogP contribution in [-0.2, 0) is 20.8 Å². The summed E-state index contributed by atoms with van der Waals surface area (Å²) in [6.45, 7) is 3.05. The molecule has 2 unspecified atom stereocenters. The number of fused-ring (bicyclic) bond motifs is 1. The molecule has 1 saturated carbocycles. The van der Waals surface area contributed by atoms with Gasteiger partial charge in [-0.15, -0.1) is 0 Å². The highest BCUT2D eigenvalue weighted by atomic mass is 16.2. The van der Waals surface area contributed by atoms with Gasteiger partial charge in [0.15, 0.2) is 0 Å². The lowest BCUT2D eigenvalue weighted by molar-refractivity contribution is -0.137. The number of amides is 3. The molecule has 25 heavy (non-hydrogen) atoms. The maximum atomic E-state index is 12.9. The minimum atomic E-state index is -0.178. The molecule has 132 valence electrons. The van der Waals surface area contributed by atoms with Crippen molar-refractivity contribution in [3.8, 4) is 0 Å². The van der Waals surface area contributed by atoms with E-state index in [4.69, 9.17) is 0 Å². The maximum Gasteiger partial charge on any atom is 0.230 e. The van der Waals surface area contributed by atoms with Crippen LogP contribution >= 0.6 is 0 Å². The third-order valence-electron chi connectivity index (χ3n) is 5.58. The van der Waals surface area contributed by atoms with Crippen LogP contribution in [0.15, 0.2) is 24.3 Å². The number of carbonyl (C=O) groups excluding carboxylic acids is 3. The van der Waals surface area contributed by atoms with Crippen LogP contribution in [0.2, 0.25) is 0 Å². The number of para-hydroxylation sites is 1. The Hall–Kier alpha value is -2.37. The van der Waals surface area contributed by atoms with Gasteiger partial charge in [-0.2, -0.15) is 0 Å². The Morgan fingerprint density at radius 2 is 1.68 bits per heavy atom. The van der Waals surface area contributed by atoms with Crippen LogP contribution in [0.4, 0.5) is 5.69 Å². The van der Waals surface area contributed by atoms with Gasteiger partial charge in [0, 0.05) is 38.4 Å². The van der Waals surface area contributed by atoms with Gasteiger partial charge in [0.25, 0.3) is 0 Å². The normalized spacial score (nSPS) is 25.4. The third-order valence-corrected chi connectivity index (χ3v) is 5.58. The Morgan fingerprint density at radius 3 is 2.44 bits per heavy atom. The zero-order valence-corrected chi connectivity index (χ0v) is 14.3. The molecule has 0 N–H and O–H groups in total. The summed E-state index contributed by atoms with van der Waals surface area (Å²) in [5.41, 5.74) is 2.23. The summed E-state index contributed by atoms with van der Waals surface area (Å²) in [6, 6.07) is 8.06. The molecular weight excluding hydrogens is 318 g/mol. The van der Waals surface area contributed by atoms with Crippen molar-refractivity contribution < 1.29 is 14.4 Å². The summed E-state index contributed by atoms with van der Waals surface area (Å²) >= 11 is 0. The highest BCUT2D eigenvalue weighted by molar-refractivity contribution is 6.01. The lowest BCUT2D eigenvalue weighted by Gasteiger charge is -2.33. The first-order valence-electron chi connectivity index (χ1n) is 9.06. The van der Waals surface area contributed by atoms with E-state index in [1.54, 1.807) is 4.90 Å². The molecule has 0 bridgehead atoms. The smallest absolute Gasteiger partial charge is 0.230 e. The van der Waals surface area contributed by atoms with Gasteiger partial charge >= 0.3 is 0 Å². The molecule has 1 aliphatic carbocycles. The fourth-order valence-electron chi connectivity index (χ4n) is 3.99. The summed E-state index contributed by atoms with van der Waals surface area (Å²) < 4.78 is 0. The molecule has 3 aliphatic rings. The first kappa shape index (κ1) is 16.1. The Balaban J connectivity index is 1.39. The third kappa shape index (κ3) is 3.01. The number of rotatable bonds is 3. The number of benzene rings is 1. The number of carbonyl (C=O) groups is 3. The van der Waals surface area contributed by atoms with Crippen molar-refractivity contribution in [1.29, 1.82) is 0 Å². The highest BCUT2D eigenvalue weighted by Crippen LogP contribution is 2.43. The fourth-order valence-corrected chi connectivity index (χ4v) is 3.99. The van der Waals surface area contributed by atoms with Crippen LogP contribution in [0, 0.1) is 11.8 Å². The predicted octanol–water partition coefficient (Wildman–Crippen LogP) is 0.903. The monoisotopic (exact) mass is 341 g/mol. The molecule has 2 atom stereocenters. The second-order valence-corrected chi connectivity index (χ2v) is 7.14. The predicted molar refractivity (Wildman–Crippen MR) is 92.9 cm³/mol. The SMILES string of the molecule is O=CN1CCN(C(=O)C2CC2C(=O)N2CCCc3ccccc32)CC1. The molecule has 4 rings (SSSR count). The Bertz CT molecular complexity index is 697. The van der Waals surface area contributed by atoms with Gasteiger partial charge in [-0.1, -0.05) is 18.2 Å². The van der Waals surface area contributed by atoms with E-state index in [1.165, 1.54) is 5.56 Å². The first-order chi connectivity index (χ1) is 12.2. The summed E-state index contributed by atoms with van der Waals surface area (Å²) in [5.74, 6) is -0.182. The lowest BCUT2D eigenvalue weighted by atomic mass is 10.0. The number of aryl methyl sites for hydroxylation is 1. The van der Waals surface area contributed by atoms with Gasteiger partial charge in [0.1, 0.15) is 0 Å². The van der Waals surface area contributed by atoms with Crippen molar-refractivity contribution in [1.82, 2.24) is 9.80 Å². The Morgan fingerprint density at radius 1 is 0.960 bits per heavy atom. The lowest BCUT2D eigenvalue weighted by Crippen LogP contribution is -2.49. The second kappa shape index (κ2) is 6.50. The van der Waals surface area contributed by atoms with E-state index in [9.17, 15) is 14.4 Å². The van der Waals surface area contributed by atoms with Crippen molar-refractivity contribution in [2.24, 2.45) is 11.8 Å². The molecule has 1 aromatic carbocycles. The molecule has 1 saturated heterocycles. The van der Waals surface area contributed by atoms with E-state index in [0.29, 0.717) is 32.6 Å². The molecule has 2 fully saturated rings. The Kier molecular flexibility index (Phi) is 4.19. The molecule has 0 radical (unpaired) electrons. The van der Waals surface area contributed by atoms with Crippen LogP contribution in [0.1, 0.15) is 18.4 Å². The number of hydrogen-bond donors (Lipinski definition) is 0. The number of hydrogen-bond acceptors (Lipinski definition) is 3. The fraction of sp³-hybridized carbons (Fsp3) is 0.526. The minimum absolute atomic E-state index is 0.0780. The van der Waals surface area contributed by atoms with E-state index in [0.717, 1.165) is 31.5 Å². The topological polar surface area (TPSA) is 60.9 Å². The molecule has 0 aromatic heterocycles. The van der Waals surface area contributed by atoms with Crippen LogP contribution in [0.3, 0.4) is 0 Å². The van der Waals surface area contributed by atoms with E-state index in [-0.39, 0.29) is 23.7 Å². The molecule has 6 heteroatoms. The summed E-state index contributed by atoms with van der Waals surface area (Å²) in [6.07, 6.45) is 3.47. The van der Waals surface area contributed by atoms with Crippen LogP contribution in [0.5, 0.6) is 0 Å². The number of anilines is 1. The van der Waals surface area contributed by atoms with Crippen molar-refractivity contribution in [3.05, 3.63) is 29.8 Å². The molecule has 3 amide bonds. The zero-order valence-electron chi connectivity index (χ0n) is 14.3. The quantitative estimate of drug-likeness (QED) is 0.768. The molecule has 6 nitrogen and oxygen atoms in total. The Labute approximate surface area is 147 Å². The van der Waals surface area contributed by atoms with Gasteiger partial charge in [0.2, 0.25) is 18.2 Å². The van der Waals surface area contributed by atoms with Crippen molar-refractivity contribution >= 4 is 23.9 Å². The molecule has 1 aromatic rings. The van der Waals surface area contributed by atoms with Gasteiger partial charge in [-0.3, -0.25) is 14.4 Å². The van der Waals surface area contributed by atoms with Crippen LogP contribution in [-0.4, -0.2) is 60.7 Å². The number of nitrogens with zero attached hydrogens (tertiary/aromatic N) is 3. The summed E-state index contributed by atoms with van der Waals surface area (Å²) in [7, 11) is 0. The molecule has 0 spiro atoms. The minimum Gasteiger partial charge on any atom is -0.342 e. The van der Waals surface area contributed by atoms with E-state index >= 15 is 0 Å². The van der Waals surface area contributed by atoms with Gasteiger partial charge in [0.05, 0.1) is 11.8 Å². The first-order valence-corrected chi connectivity index (χ1v) is 9.06. The second-order valence-electron chi connectivity index (χ2n) is 7.14. The maximum absolute atomic E-state index is 12.9. The van der Waals surface area contributed by atoms with Crippen molar-refractivity contribution in [2.45, 2.75) is 19.3 Å². The summed E-state index contributed by atoms with van der Waals surface area (Å²) in [5, 5.41) is 0. The van der Waals surface area contributed by atoms with Crippen molar-refractivity contribution in [2.75, 3.05) is 37.6 Å². The average molecular weight is 341 g/mol. The average Bonchev–Trinajstić information content (AvgIpc) is 3.47. The largest absolute Gasteiger partial charge is 0.342 e. The van der Waals surface area contributed by atoms with E-state index < -0.39 is 0 Å². The summed E-state index contributed by atoms with van der Waals surface area (Å²) in [4.78, 5) is 41.7. The van der Waals surface area contributed by atoms with Gasteiger partial charge in [-0.05, 0) is 30.9 Å². The standard InChI is InChI=1S/C19H23N3O3/c23-13-20-8-10-21(11-9-20)18(24)15-12-16(15)19(25)22-7-3-5-14-4-1-2-6-17(14)22/h1-2,4,6,13,15-16H,3,5,7-12H2. The highest BCUT2D eigenvalue weighted by Gasteiger charge is 2.51. The number of piperazine rings is 1. The van der Waals surface area contributed by atoms with Gasteiger partial charge < -0.3 is 14.7 Å². The molecule has 2 heterocycles. The zero-order chi connectivity index (χ0) is 17.4. The molecule has 2 aliphatic heterocycles.